The maximum absolute atomic E-state index is 5.93. The topological polar surface area (TPSA) is 26.0 Å². The average Bonchev–Trinajstić information content (AvgIpc) is 2.03. The number of hydrogen-bond donors (Lipinski definition) is 1. The second-order valence-corrected chi connectivity index (χ2v) is 3.08. The lowest BCUT2D eigenvalue weighted by molar-refractivity contribution is 0.818. The summed E-state index contributed by atoms with van der Waals surface area (Å²) in [4.78, 5) is 0. The molecule has 0 aliphatic rings. The first-order chi connectivity index (χ1) is 5.65. The van der Waals surface area contributed by atoms with Gasteiger partial charge in [-0.05, 0) is 24.6 Å². The third kappa shape index (κ3) is 2.93. The first-order valence-electron chi connectivity index (χ1n) is 3.67. The van der Waals surface area contributed by atoms with Crippen LogP contribution in [-0.2, 0) is 0 Å². The normalized spacial score (nSPS) is 11.2. The Morgan fingerprint density at radius 2 is 2.15 bits per heavy atom. The third-order valence-corrected chi connectivity index (χ3v) is 1.99. The van der Waals surface area contributed by atoms with E-state index in [1.54, 1.807) is 6.07 Å². The van der Waals surface area contributed by atoms with Crippen LogP contribution < -0.4 is 5.73 Å². The number of halogens is 2. The molecule has 1 nitrogen and oxygen atoms in total. The van der Waals surface area contributed by atoms with Crippen LogP contribution in [0.2, 0.25) is 5.02 Å². The Bertz CT molecular complexity index is 326. The molecular formula is C10H11Cl2N. The van der Waals surface area contributed by atoms with E-state index in [1.807, 2.05) is 19.1 Å². The van der Waals surface area contributed by atoms with E-state index >= 15 is 0 Å². The fraction of sp³-hybridized carbons (Fsp3) is 0.200. The molecule has 0 aliphatic carbocycles. The molecule has 0 aliphatic heterocycles. The van der Waals surface area contributed by atoms with Crippen LogP contribution in [0.15, 0.2) is 18.2 Å². The van der Waals surface area contributed by atoms with Crippen molar-refractivity contribution in [2.75, 3.05) is 0 Å². The molecule has 1 unspecified atom stereocenters. The minimum absolute atomic E-state index is 0. The molecule has 0 saturated carbocycles. The molecule has 0 aromatic heterocycles. The molecule has 1 aromatic carbocycles. The van der Waals surface area contributed by atoms with Crippen molar-refractivity contribution < 1.29 is 0 Å². The summed E-state index contributed by atoms with van der Waals surface area (Å²) in [6.07, 6.45) is 5.20. The highest BCUT2D eigenvalue weighted by Gasteiger charge is 2.04. The SMILES string of the molecule is C#Cc1ccc(C(C)N)c(Cl)c1.Cl. The Morgan fingerprint density at radius 1 is 1.54 bits per heavy atom. The minimum Gasteiger partial charge on any atom is -0.324 e. The Kier molecular flexibility index (Phi) is 4.87. The van der Waals surface area contributed by atoms with Gasteiger partial charge in [-0.15, -0.1) is 18.8 Å². The molecule has 0 heterocycles. The first-order valence-corrected chi connectivity index (χ1v) is 4.04. The number of nitrogens with two attached hydrogens (primary N) is 1. The maximum Gasteiger partial charge on any atom is 0.0466 e. The summed E-state index contributed by atoms with van der Waals surface area (Å²) in [5.74, 6) is 2.51. The van der Waals surface area contributed by atoms with Crippen molar-refractivity contribution in [2.24, 2.45) is 5.73 Å². The molecule has 1 rings (SSSR count). The van der Waals surface area contributed by atoms with Crippen LogP contribution in [0.25, 0.3) is 0 Å². The molecule has 2 N–H and O–H groups in total. The number of rotatable bonds is 1. The van der Waals surface area contributed by atoms with Gasteiger partial charge in [-0.25, -0.2) is 0 Å². The Labute approximate surface area is 89.7 Å². The lowest BCUT2D eigenvalue weighted by Gasteiger charge is -2.07. The molecular weight excluding hydrogens is 205 g/mol. The zero-order valence-electron chi connectivity index (χ0n) is 7.25. The van der Waals surface area contributed by atoms with Gasteiger partial charge in [0, 0.05) is 16.6 Å². The van der Waals surface area contributed by atoms with Gasteiger partial charge in [0.1, 0.15) is 0 Å². The molecule has 0 bridgehead atoms. The van der Waals surface area contributed by atoms with E-state index in [4.69, 9.17) is 23.8 Å². The molecule has 3 heteroatoms. The van der Waals surface area contributed by atoms with Gasteiger partial charge in [0.05, 0.1) is 0 Å². The maximum atomic E-state index is 5.93. The Balaban J connectivity index is 0.00000144. The van der Waals surface area contributed by atoms with E-state index in [0.29, 0.717) is 5.02 Å². The van der Waals surface area contributed by atoms with Crippen LogP contribution >= 0.6 is 24.0 Å². The highest BCUT2D eigenvalue weighted by Crippen LogP contribution is 2.22. The molecule has 0 radical (unpaired) electrons. The van der Waals surface area contributed by atoms with Crippen LogP contribution in [0.5, 0.6) is 0 Å². The van der Waals surface area contributed by atoms with Gasteiger partial charge in [-0.2, -0.15) is 0 Å². The van der Waals surface area contributed by atoms with Crippen LogP contribution in [0.4, 0.5) is 0 Å². The monoisotopic (exact) mass is 215 g/mol. The van der Waals surface area contributed by atoms with Gasteiger partial charge in [0.25, 0.3) is 0 Å². The first kappa shape index (κ1) is 12.3. The van der Waals surface area contributed by atoms with Crippen molar-refractivity contribution in [1.82, 2.24) is 0 Å². The van der Waals surface area contributed by atoms with Crippen molar-refractivity contribution >= 4 is 24.0 Å². The van der Waals surface area contributed by atoms with Crippen LogP contribution in [-0.4, -0.2) is 0 Å². The van der Waals surface area contributed by atoms with Crippen molar-refractivity contribution in [3.8, 4) is 12.3 Å². The highest BCUT2D eigenvalue weighted by atomic mass is 35.5. The highest BCUT2D eigenvalue weighted by molar-refractivity contribution is 6.31. The van der Waals surface area contributed by atoms with E-state index in [2.05, 4.69) is 5.92 Å². The minimum atomic E-state index is -0.0516. The summed E-state index contributed by atoms with van der Waals surface area (Å²) in [7, 11) is 0. The molecule has 0 fully saturated rings. The van der Waals surface area contributed by atoms with Gasteiger partial charge in [-0.1, -0.05) is 23.6 Å². The van der Waals surface area contributed by atoms with Gasteiger partial charge in [-0.3, -0.25) is 0 Å². The molecule has 13 heavy (non-hydrogen) atoms. The standard InChI is InChI=1S/C10H10ClN.ClH/c1-3-8-4-5-9(7(2)12)10(11)6-8;/h1,4-7H,12H2,2H3;1H. The van der Waals surface area contributed by atoms with Crippen molar-refractivity contribution in [3.05, 3.63) is 34.3 Å². The number of terminal acetylenes is 1. The smallest absolute Gasteiger partial charge is 0.0466 e. The van der Waals surface area contributed by atoms with Gasteiger partial charge in [0.15, 0.2) is 0 Å². The zero-order valence-corrected chi connectivity index (χ0v) is 8.82. The van der Waals surface area contributed by atoms with E-state index in [0.717, 1.165) is 11.1 Å². The second-order valence-electron chi connectivity index (χ2n) is 2.67. The van der Waals surface area contributed by atoms with Gasteiger partial charge >= 0.3 is 0 Å². The quantitative estimate of drug-likeness (QED) is 0.717. The summed E-state index contributed by atoms with van der Waals surface area (Å²) in [6.45, 7) is 1.89. The largest absolute Gasteiger partial charge is 0.324 e. The summed E-state index contributed by atoms with van der Waals surface area (Å²) in [6, 6.07) is 5.40. The molecule has 1 atom stereocenters. The molecule has 0 spiro atoms. The summed E-state index contributed by atoms with van der Waals surface area (Å²) in [5, 5.41) is 0.639. The van der Waals surface area contributed by atoms with Gasteiger partial charge in [0.2, 0.25) is 0 Å². The van der Waals surface area contributed by atoms with Crippen LogP contribution in [0, 0.1) is 12.3 Å². The van der Waals surface area contributed by atoms with Crippen molar-refractivity contribution in [2.45, 2.75) is 13.0 Å². The number of hydrogen-bond acceptors (Lipinski definition) is 1. The molecule has 70 valence electrons. The fourth-order valence-electron chi connectivity index (χ4n) is 0.986. The zero-order chi connectivity index (χ0) is 9.14. The van der Waals surface area contributed by atoms with E-state index in [1.165, 1.54) is 0 Å². The Morgan fingerprint density at radius 3 is 2.54 bits per heavy atom. The lowest BCUT2D eigenvalue weighted by Crippen LogP contribution is -2.05. The van der Waals surface area contributed by atoms with Crippen molar-refractivity contribution in [3.63, 3.8) is 0 Å². The molecule has 0 amide bonds. The summed E-state index contributed by atoms with van der Waals surface area (Å²) >= 11 is 5.93. The van der Waals surface area contributed by atoms with E-state index in [9.17, 15) is 0 Å². The fourth-order valence-corrected chi connectivity index (χ4v) is 1.34. The predicted molar refractivity (Wildman–Crippen MR) is 59.2 cm³/mol. The second kappa shape index (κ2) is 5.14. The van der Waals surface area contributed by atoms with Gasteiger partial charge < -0.3 is 5.73 Å². The van der Waals surface area contributed by atoms with E-state index < -0.39 is 0 Å². The summed E-state index contributed by atoms with van der Waals surface area (Å²) < 4.78 is 0. The predicted octanol–water partition coefficient (Wildman–Crippen LogP) is 2.76. The summed E-state index contributed by atoms with van der Waals surface area (Å²) in [5.41, 5.74) is 7.38. The average molecular weight is 216 g/mol. The van der Waals surface area contributed by atoms with Crippen molar-refractivity contribution in [1.29, 1.82) is 0 Å². The van der Waals surface area contributed by atoms with Crippen LogP contribution in [0.3, 0.4) is 0 Å². The third-order valence-electron chi connectivity index (χ3n) is 1.66. The Hall–Kier alpha value is -0.680. The molecule has 0 saturated heterocycles. The van der Waals surface area contributed by atoms with E-state index in [-0.39, 0.29) is 18.4 Å². The lowest BCUT2D eigenvalue weighted by atomic mass is 10.1. The van der Waals surface area contributed by atoms with Crippen LogP contribution in [0.1, 0.15) is 24.1 Å². The number of benzene rings is 1. The molecule has 1 aromatic rings.